The van der Waals surface area contributed by atoms with Gasteiger partial charge in [-0.2, -0.15) is 4.31 Å². The summed E-state index contributed by atoms with van der Waals surface area (Å²) in [5, 5.41) is 9.53. The second-order valence-electron chi connectivity index (χ2n) is 6.66. The molecule has 0 aliphatic heterocycles. The first kappa shape index (κ1) is 19.5. The van der Waals surface area contributed by atoms with Gasteiger partial charge < -0.3 is 5.11 Å². The Morgan fingerprint density at radius 1 is 1.12 bits per heavy atom. The van der Waals surface area contributed by atoms with Crippen molar-refractivity contribution in [3.05, 3.63) is 64.1 Å². The fourth-order valence-electron chi connectivity index (χ4n) is 2.55. The third-order valence-electron chi connectivity index (χ3n) is 3.74. The van der Waals surface area contributed by atoms with Crippen LogP contribution in [-0.2, 0) is 22.0 Å². The largest absolute Gasteiger partial charge is 0.464 e. The van der Waals surface area contributed by atoms with Gasteiger partial charge in [-0.15, -0.1) is 0 Å². The molecule has 2 rings (SSSR count). The van der Waals surface area contributed by atoms with E-state index in [0.29, 0.717) is 14.3 Å². The predicted molar refractivity (Wildman–Crippen MR) is 100 cm³/mol. The number of hydrogen-bond donors (Lipinski definition) is 1. The highest BCUT2D eigenvalue weighted by atomic mass is 79.9. The van der Waals surface area contributed by atoms with Crippen LogP contribution in [-0.4, -0.2) is 23.9 Å². The van der Waals surface area contributed by atoms with Gasteiger partial charge in [0.15, 0.2) is 0 Å². The van der Waals surface area contributed by atoms with E-state index in [0.717, 1.165) is 5.56 Å². The molecule has 0 saturated heterocycles. The maximum atomic E-state index is 12.8. The van der Waals surface area contributed by atoms with Gasteiger partial charge in [0.25, 0.3) is 10.0 Å². The third kappa shape index (κ3) is 4.41. The Bertz CT molecular complexity index is 888. The fraction of sp³-hybridized carbons (Fsp3) is 0.278. The number of halogens is 1. The lowest BCUT2D eigenvalue weighted by Gasteiger charge is -2.26. The van der Waals surface area contributed by atoms with Gasteiger partial charge >= 0.3 is 6.09 Å². The molecule has 1 N–H and O–H groups in total. The van der Waals surface area contributed by atoms with Crippen LogP contribution in [0.3, 0.4) is 0 Å². The summed E-state index contributed by atoms with van der Waals surface area (Å²) < 4.78 is 26.7. The van der Waals surface area contributed by atoms with Gasteiger partial charge in [0.1, 0.15) is 0 Å². The topological polar surface area (TPSA) is 74.7 Å². The Kier molecular flexibility index (Phi) is 5.58. The Morgan fingerprint density at radius 3 is 2.32 bits per heavy atom. The van der Waals surface area contributed by atoms with Gasteiger partial charge in [0.05, 0.1) is 11.4 Å². The van der Waals surface area contributed by atoms with E-state index in [1.165, 1.54) is 12.1 Å². The Morgan fingerprint density at radius 2 is 1.76 bits per heavy atom. The smallest absolute Gasteiger partial charge is 0.421 e. The van der Waals surface area contributed by atoms with Gasteiger partial charge in [-0.1, -0.05) is 67.0 Å². The molecule has 0 unspecified atom stereocenters. The lowest BCUT2D eigenvalue weighted by atomic mass is 9.84. The molecule has 0 aromatic heterocycles. The average Bonchev–Trinajstić information content (AvgIpc) is 2.51. The summed E-state index contributed by atoms with van der Waals surface area (Å²) >= 11 is 3.21. The maximum Gasteiger partial charge on any atom is 0.421 e. The molecule has 0 fully saturated rings. The van der Waals surface area contributed by atoms with Crippen molar-refractivity contribution in [3.8, 4) is 0 Å². The molecule has 0 aliphatic carbocycles. The van der Waals surface area contributed by atoms with E-state index in [-0.39, 0.29) is 16.9 Å². The van der Waals surface area contributed by atoms with Gasteiger partial charge in [-0.05, 0) is 34.7 Å². The third-order valence-corrected chi connectivity index (χ3v) is 5.95. The van der Waals surface area contributed by atoms with Crippen molar-refractivity contribution in [1.29, 1.82) is 0 Å². The SMILES string of the molecule is CC(C)(C)c1ccccc1CN(C(=O)O)S(=O)(=O)c1cccc(Br)c1. The Labute approximate surface area is 156 Å². The number of benzene rings is 2. The monoisotopic (exact) mass is 425 g/mol. The van der Waals surface area contributed by atoms with Gasteiger partial charge in [0.2, 0.25) is 0 Å². The van der Waals surface area contributed by atoms with Crippen molar-refractivity contribution in [3.63, 3.8) is 0 Å². The van der Waals surface area contributed by atoms with Crippen LogP contribution in [0.15, 0.2) is 57.9 Å². The molecule has 0 radical (unpaired) electrons. The molecule has 0 heterocycles. The van der Waals surface area contributed by atoms with Crippen molar-refractivity contribution < 1.29 is 18.3 Å². The molecule has 7 heteroatoms. The summed E-state index contributed by atoms with van der Waals surface area (Å²) in [6.07, 6.45) is -1.51. The van der Waals surface area contributed by atoms with Crippen molar-refractivity contribution >= 4 is 32.0 Å². The molecule has 5 nitrogen and oxygen atoms in total. The molecule has 2 aromatic rings. The summed E-state index contributed by atoms with van der Waals surface area (Å²) in [6.45, 7) is 5.76. The minimum Gasteiger partial charge on any atom is -0.464 e. The number of sulfonamides is 1. The average molecular weight is 426 g/mol. The molecule has 0 atom stereocenters. The minimum atomic E-state index is -4.18. The molecule has 1 amide bonds. The summed E-state index contributed by atoms with van der Waals surface area (Å²) in [5.41, 5.74) is 1.34. The number of carboxylic acid groups (broad SMARTS) is 1. The molecule has 2 aromatic carbocycles. The van der Waals surface area contributed by atoms with Crippen LogP contribution in [0.5, 0.6) is 0 Å². The maximum absolute atomic E-state index is 12.8. The van der Waals surface area contributed by atoms with Gasteiger partial charge in [-0.25, -0.2) is 13.2 Å². The Balaban J connectivity index is 2.50. The highest BCUT2D eigenvalue weighted by molar-refractivity contribution is 9.10. The van der Waals surface area contributed by atoms with E-state index in [2.05, 4.69) is 15.9 Å². The first-order valence-corrected chi connectivity index (χ1v) is 9.86. The van der Waals surface area contributed by atoms with Crippen LogP contribution in [0.1, 0.15) is 31.9 Å². The number of hydrogen-bond acceptors (Lipinski definition) is 3. The minimum absolute atomic E-state index is 0.0717. The zero-order chi connectivity index (χ0) is 18.8. The highest BCUT2D eigenvalue weighted by Gasteiger charge is 2.31. The highest BCUT2D eigenvalue weighted by Crippen LogP contribution is 2.28. The Hall–Kier alpha value is -1.86. The summed E-state index contributed by atoms with van der Waals surface area (Å²) in [7, 11) is -4.18. The van der Waals surface area contributed by atoms with E-state index in [4.69, 9.17) is 0 Å². The van der Waals surface area contributed by atoms with Crippen molar-refractivity contribution in [1.82, 2.24) is 4.31 Å². The van der Waals surface area contributed by atoms with Crippen LogP contribution in [0.25, 0.3) is 0 Å². The zero-order valence-electron chi connectivity index (χ0n) is 14.2. The molecule has 25 heavy (non-hydrogen) atoms. The lowest BCUT2D eigenvalue weighted by Crippen LogP contribution is -2.36. The van der Waals surface area contributed by atoms with Crippen LogP contribution < -0.4 is 0 Å². The van der Waals surface area contributed by atoms with Crippen LogP contribution in [0.4, 0.5) is 4.79 Å². The first-order valence-electron chi connectivity index (χ1n) is 7.63. The van der Waals surface area contributed by atoms with E-state index < -0.39 is 16.1 Å². The van der Waals surface area contributed by atoms with Crippen molar-refractivity contribution in [2.24, 2.45) is 0 Å². The standard InChI is InChI=1S/C18H20BrNO4S/c1-18(2,3)16-10-5-4-7-13(16)12-20(17(21)22)25(23,24)15-9-6-8-14(19)11-15/h4-11H,12H2,1-3H3,(H,21,22). The van der Waals surface area contributed by atoms with E-state index in [1.54, 1.807) is 24.3 Å². The molecule has 0 bridgehead atoms. The molecule has 0 spiro atoms. The second-order valence-corrected chi connectivity index (χ2v) is 9.44. The fourth-order valence-corrected chi connectivity index (χ4v) is 4.40. The van der Waals surface area contributed by atoms with Crippen LogP contribution in [0, 0.1) is 0 Å². The molecular formula is C18H20BrNO4S. The number of carbonyl (C=O) groups is 1. The quantitative estimate of drug-likeness (QED) is 0.775. The zero-order valence-corrected chi connectivity index (χ0v) is 16.6. The van der Waals surface area contributed by atoms with Gasteiger partial charge in [-0.3, -0.25) is 0 Å². The molecule has 0 aliphatic rings. The van der Waals surface area contributed by atoms with Gasteiger partial charge in [0, 0.05) is 4.47 Å². The number of rotatable bonds is 4. The van der Waals surface area contributed by atoms with E-state index in [9.17, 15) is 18.3 Å². The number of nitrogens with zero attached hydrogens (tertiary/aromatic N) is 1. The number of amides is 1. The normalized spacial score (nSPS) is 12.0. The lowest BCUT2D eigenvalue weighted by molar-refractivity contribution is 0.170. The van der Waals surface area contributed by atoms with E-state index in [1.807, 2.05) is 32.9 Å². The summed E-state index contributed by atoms with van der Waals surface area (Å²) in [6, 6.07) is 13.3. The van der Waals surface area contributed by atoms with Crippen LogP contribution in [0.2, 0.25) is 0 Å². The molecule has 0 saturated carbocycles. The molecular weight excluding hydrogens is 406 g/mol. The predicted octanol–water partition coefficient (Wildman–Crippen LogP) is 4.62. The summed E-state index contributed by atoms with van der Waals surface area (Å²) in [4.78, 5) is 11.6. The second kappa shape index (κ2) is 7.17. The summed E-state index contributed by atoms with van der Waals surface area (Å²) in [5.74, 6) is 0. The molecule has 134 valence electrons. The van der Waals surface area contributed by atoms with Crippen molar-refractivity contribution in [2.45, 2.75) is 37.6 Å². The van der Waals surface area contributed by atoms with E-state index >= 15 is 0 Å². The van der Waals surface area contributed by atoms with Crippen molar-refractivity contribution in [2.75, 3.05) is 0 Å². The first-order chi connectivity index (χ1) is 11.5. The van der Waals surface area contributed by atoms with Crippen LogP contribution >= 0.6 is 15.9 Å².